The Bertz CT molecular complexity index is 584. The number of rotatable bonds is 9. The molecule has 0 amide bonds. The molecule has 2 aromatic rings. The summed E-state index contributed by atoms with van der Waals surface area (Å²) in [5.74, 6) is -0.415. The summed E-state index contributed by atoms with van der Waals surface area (Å²) in [6.07, 6.45) is 3.15. The van der Waals surface area contributed by atoms with E-state index in [2.05, 4.69) is 34.5 Å². The molecule has 1 aromatic heterocycles. The molecule has 124 valence electrons. The van der Waals surface area contributed by atoms with E-state index in [-0.39, 0.29) is 5.92 Å². The maximum Gasteiger partial charge on any atom is 0.307 e. The number of nitrogens with zero attached hydrogens (tertiary/aromatic N) is 3. The van der Waals surface area contributed by atoms with Gasteiger partial charge in [0, 0.05) is 5.92 Å². The second-order valence-corrected chi connectivity index (χ2v) is 6.35. The Morgan fingerprint density at radius 2 is 1.96 bits per heavy atom. The largest absolute Gasteiger partial charge is 0.481 e. The number of aromatic amines is 1. The molecule has 1 aromatic carbocycles. The van der Waals surface area contributed by atoms with Crippen LogP contribution in [-0.4, -0.2) is 31.7 Å². The highest BCUT2D eigenvalue weighted by Gasteiger charge is 2.31. The first-order chi connectivity index (χ1) is 11.1. The average Bonchev–Trinajstić information content (AvgIpc) is 3.04. The SMILES string of the molecule is CC(C)CCC[C@@H](C(=O)O)[C@H](Cc1ccccc1)c1nnn[nH]1. The van der Waals surface area contributed by atoms with E-state index in [1.165, 1.54) is 0 Å². The number of carbonyl (C=O) groups is 1. The van der Waals surface area contributed by atoms with Gasteiger partial charge >= 0.3 is 5.97 Å². The topological polar surface area (TPSA) is 91.8 Å². The van der Waals surface area contributed by atoms with Crippen LogP contribution in [0.5, 0.6) is 0 Å². The highest BCUT2D eigenvalue weighted by molar-refractivity contribution is 5.71. The molecule has 23 heavy (non-hydrogen) atoms. The molecular weight excluding hydrogens is 292 g/mol. The quantitative estimate of drug-likeness (QED) is 0.742. The predicted octanol–water partition coefficient (Wildman–Crippen LogP) is 3.05. The van der Waals surface area contributed by atoms with Crippen molar-refractivity contribution in [3.63, 3.8) is 0 Å². The monoisotopic (exact) mass is 316 g/mol. The van der Waals surface area contributed by atoms with Crippen LogP contribution in [0, 0.1) is 11.8 Å². The molecule has 0 aliphatic rings. The molecule has 0 fully saturated rings. The molecular formula is C17H24N4O2. The summed E-state index contributed by atoms with van der Waals surface area (Å²) in [6, 6.07) is 9.87. The first-order valence-corrected chi connectivity index (χ1v) is 8.08. The lowest BCUT2D eigenvalue weighted by atomic mass is 9.82. The van der Waals surface area contributed by atoms with Gasteiger partial charge in [0.2, 0.25) is 0 Å². The Morgan fingerprint density at radius 3 is 2.52 bits per heavy atom. The number of tetrazole rings is 1. The number of hydrogen-bond acceptors (Lipinski definition) is 4. The number of carboxylic acid groups (broad SMARTS) is 1. The molecule has 0 aliphatic heterocycles. The van der Waals surface area contributed by atoms with Gasteiger partial charge in [-0.2, -0.15) is 0 Å². The summed E-state index contributed by atoms with van der Waals surface area (Å²) in [6.45, 7) is 4.30. The van der Waals surface area contributed by atoms with E-state index in [0.29, 0.717) is 24.6 Å². The second-order valence-electron chi connectivity index (χ2n) is 6.35. The van der Waals surface area contributed by atoms with E-state index in [4.69, 9.17) is 0 Å². The van der Waals surface area contributed by atoms with Gasteiger partial charge in [0.05, 0.1) is 5.92 Å². The van der Waals surface area contributed by atoms with Crippen molar-refractivity contribution >= 4 is 5.97 Å². The minimum Gasteiger partial charge on any atom is -0.481 e. The maximum atomic E-state index is 11.8. The molecule has 0 saturated carbocycles. The van der Waals surface area contributed by atoms with Crippen LogP contribution in [0.3, 0.4) is 0 Å². The van der Waals surface area contributed by atoms with Crippen LogP contribution in [0.2, 0.25) is 0 Å². The van der Waals surface area contributed by atoms with Crippen LogP contribution in [0.1, 0.15) is 50.4 Å². The van der Waals surface area contributed by atoms with Crippen molar-refractivity contribution in [3.05, 3.63) is 41.7 Å². The molecule has 0 bridgehead atoms. The molecule has 0 spiro atoms. The fourth-order valence-corrected chi connectivity index (χ4v) is 2.86. The number of carboxylic acids is 1. The van der Waals surface area contributed by atoms with Crippen LogP contribution in [-0.2, 0) is 11.2 Å². The van der Waals surface area contributed by atoms with Crippen LogP contribution in [0.4, 0.5) is 0 Å². The highest BCUT2D eigenvalue weighted by Crippen LogP contribution is 2.30. The van der Waals surface area contributed by atoms with Crippen molar-refractivity contribution in [1.82, 2.24) is 20.6 Å². The van der Waals surface area contributed by atoms with Gasteiger partial charge in [-0.1, -0.05) is 57.0 Å². The Kier molecular flexibility index (Phi) is 6.26. The summed E-state index contributed by atoms with van der Waals surface area (Å²) in [5, 5.41) is 23.7. The lowest BCUT2D eigenvalue weighted by Gasteiger charge is -2.22. The standard InChI is InChI=1S/C17H24N4O2/c1-12(2)7-6-10-14(17(22)23)15(16-18-20-21-19-16)11-13-8-4-3-5-9-13/h3-5,8-9,12,14-15H,6-7,10-11H2,1-2H3,(H,22,23)(H,18,19,20,21)/t14-,15+/m1/s1. The van der Waals surface area contributed by atoms with E-state index in [0.717, 1.165) is 18.4 Å². The molecule has 0 aliphatic carbocycles. The van der Waals surface area contributed by atoms with Gasteiger partial charge in [0.1, 0.15) is 0 Å². The molecule has 6 heteroatoms. The molecule has 2 atom stereocenters. The van der Waals surface area contributed by atoms with Gasteiger partial charge in [0.25, 0.3) is 0 Å². The van der Waals surface area contributed by atoms with Crippen LogP contribution in [0.25, 0.3) is 0 Å². The van der Waals surface area contributed by atoms with Crippen molar-refractivity contribution in [2.75, 3.05) is 0 Å². The molecule has 6 nitrogen and oxygen atoms in total. The molecule has 2 N–H and O–H groups in total. The molecule has 2 rings (SSSR count). The Labute approximate surface area is 136 Å². The van der Waals surface area contributed by atoms with Crippen LogP contribution < -0.4 is 0 Å². The summed E-state index contributed by atoms with van der Waals surface area (Å²) < 4.78 is 0. The number of aliphatic carboxylic acids is 1. The number of H-pyrrole nitrogens is 1. The minimum atomic E-state index is -0.786. The first kappa shape index (κ1) is 17.1. The normalized spacial score (nSPS) is 13.9. The maximum absolute atomic E-state index is 11.8. The minimum absolute atomic E-state index is 0.253. The van der Waals surface area contributed by atoms with Crippen molar-refractivity contribution in [3.8, 4) is 0 Å². The van der Waals surface area contributed by atoms with Crippen molar-refractivity contribution in [1.29, 1.82) is 0 Å². The molecule has 0 saturated heterocycles. The smallest absolute Gasteiger partial charge is 0.307 e. The van der Waals surface area contributed by atoms with Crippen LogP contribution in [0.15, 0.2) is 30.3 Å². The number of aromatic nitrogens is 4. The Morgan fingerprint density at radius 1 is 1.22 bits per heavy atom. The summed E-state index contributed by atoms with van der Waals surface area (Å²) >= 11 is 0. The number of nitrogens with one attached hydrogen (secondary N) is 1. The fourth-order valence-electron chi connectivity index (χ4n) is 2.86. The van der Waals surface area contributed by atoms with Gasteiger partial charge < -0.3 is 5.11 Å². The summed E-state index contributed by atoms with van der Waals surface area (Å²) in [4.78, 5) is 11.8. The van der Waals surface area contributed by atoms with E-state index < -0.39 is 11.9 Å². The van der Waals surface area contributed by atoms with Gasteiger partial charge in [0.15, 0.2) is 5.82 Å². The van der Waals surface area contributed by atoms with Crippen molar-refractivity contribution in [2.24, 2.45) is 11.8 Å². The number of hydrogen-bond donors (Lipinski definition) is 2. The van der Waals surface area contributed by atoms with Crippen LogP contribution >= 0.6 is 0 Å². The number of benzene rings is 1. The van der Waals surface area contributed by atoms with E-state index >= 15 is 0 Å². The van der Waals surface area contributed by atoms with E-state index in [1.807, 2.05) is 30.3 Å². The van der Waals surface area contributed by atoms with E-state index in [1.54, 1.807) is 0 Å². The van der Waals surface area contributed by atoms with Gasteiger partial charge in [-0.25, -0.2) is 5.10 Å². The zero-order valence-corrected chi connectivity index (χ0v) is 13.6. The second kappa shape index (κ2) is 8.41. The molecule has 0 radical (unpaired) electrons. The van der Waals surface area contributed by atoms with Crippen molar-refractivity contribution in [2.45, 2.75) is 45.4 Å². The zero-order valence-electron chi connectivity index (χ0n) is 13.6. The average molecular weight is 316 g/mol. The predicted molar refractivity (Wildman–Crippen MR) is 86.9 cm³/mol. The Hall–Kier alpha value is -2.24. The fraction of sp³-hybridized carbons (Fsp3) is 0.529. The highest BCUT2D eigenvalue weighted by atomic mass is 16.4. The first-order valence-electron chi connectivity index (χ1n) is 8.08. The lowest BCUT2D eigenvalue weighted by molar-refractivity contribution is -0.143. The summed E-state index contributed by atoms with van der Waals surface area (Å²) in [5.41, 5.74) is 1.09. The van der Waals surface area contributed by atoms with Gasteiger partial charge in [-0.05, 0) is 34.7 Å². The molecule has 1 heterocycles. The Balaban J connectivity index is 2.17. The molecule has 0 unspecified atom stereocenters. The third kappa shape index (κ3) is 5.16. The lowest BCUT2D eigenvalue weighted by Crippen LogP contribution is -2.25. The van der Waals surface area contributed by atoms with Crippen molar-refractivity contribution < 1.29 is 9.90 Å². The van der Waals surface area contributed by atoms with Gasteiger partial charge in [-0.3, -0.25) is 4.79 Å². The zero-order chi connectivity index (χ0) is 16.7. The van der Waals surface area contributed by atoms with E-state index in [9.17, 15) is 9.90 Å². The third-order valence-corrected chi connectivity index (χ3v) is 4.11. The van der Waals surface area contributed by atoms with Gasteiger partial charge in [-0.15, -0.1) is 5.10 Å². The third-order valence-electron chi connectivity index (χ3n) is 4.11. The summed E-state index contributed by atoms with van der Waals surface area (Å²) in [7, 11) is 0.